The summed E-state index contributed by atoms with van der Waals surface area (Å²) < 4.78 is 2.60. The minimum atomic E-state index is -0.553. The smallest absolute Gasteiger partial charge is 0.0720 e. The van der Waals surface area contributed by atoms with Gasteiger partial charge in [-0.1, -0.05) is 197 Å². The predicted octanol–water partition coefficient (Wildman–Crippen LogP) is 15.1. The molecular weight excluding hydrogens is 759 g/mol. The van der Waals surface area contributed by atoms with E-state index in [-0.39, 0.29) is 5.41 Å². The number of benzene rings is 9. The van der Waals surface area contributed by atoms with Gasteiger partial charge >= 0.3 is 0 Å². The van der Waals surface area contributed by atoms with Crippen molar-refractivity contribution < 1.29 is 0 Å². The van der Waals surface area contributed by atoms with Crippen LogP contribution in [0, 0.1) is 0 Å². The average Bonchev–Trinajstić information content (AvgIpc) is 3.99. The Morgan fingerprint density at radius 3 is 1.49 bits per heavy atom. The zero-order valence-corrected chi connectivity index (χ0v) is 35.8. The van der Waals surface area contributed by atoms with Crippen LogP contribution in [0.1, 0.15) is 88.4 Å². The second-order valence-electron chi connectivity index (χ2n) is 18.9. The highest BCUT2D eigenvalue weighted by Gasteiger charge is 2.59. The first kappa shape index (κ1) is 35.4. The van der Waals surface area contributed by atoms with Gasteiger partial charge in [0.25, 0.3) is 0 Å². The van der Waals surface area contributed by atoms with Crippen molar-refractivity contribution in [2.45, 2.75) is 49.9 Å². The molecule has 2 spiro atoms. The van der Waals surface area contributed by atoms with E-state index in [9.17, 15) is 0 Å². The van der Waals surface area contributed by atoms with Gasteiger partial charge in [0.1, 0.15) is 0 Å². The first-order valence-corrected chi connectivity index (χ1v) is 22.8. The molecule has 63 heavy (non-hydrogen) atoms. The maximum absolute atomic E-state index is 2.60. The largest absolute Gasteiger partial charge is 0.309 e. The molecule has 0 amide bonds. The Kier molecular flexibility index (Phi) is 6.87. The standard InChI is InChI=1S/C62H45N/c1-4-19-38-20-17-32-52-58(38)41-23-6-10-26-46(41)61(52)48-28-12-14-30-50(48)62(51-31-15-13-29-49(51)61)47-27-11-7-24-42(47)59-53(62)33-18-35-56(59)63-55-34-16-8-22-40(55)44-36-43-39-21-5-9-25-45(39)60(2,3)54(43)37-57(44)63/h5-18,20-37H,4,19H2,1-3H3. The molecule has 0 bridgehead atoms. The van der Waals surface area contributed by atoms with Crippen LogP contribution in [-0.4, -0.2) is 4.57 Å². The summed E-state index contributed by atoms with van der Waals surface area (Å²) in [5, 5.41) is 2.58. The zero-order chi connectivity index (χ0) is 41.8. The lowest BCUT2D eigenvalue weighted by atomic mass is 9.52. The molecule has 0 saturated heterocycles. The lowest BCUT2D eigenvalue weighted by molar-refractivity contribution is 0.632. The Bertz CT molecular complexity index is 3580. The summed E-state index contributed by atoms with van der Waals surface area (Å²) in [6.07, 6.45) is 2.16. The van der Waals surface area contributed by atoms with Crippen LogP contribution in [0.3, 0.4) is 0 Å². The molecule has 1 nitrogen and oxygen atoms in total. The zero-order valence-electron chi connectivity index (χ0n) is 35.8. The van der Waals surface area contributed by atoms with Gasteiger partial charge in [-0.2, -0.15) is 0 Å². The molecule has 1 heteroatoms. The molecule has 0 aliphatic heterocycles. The number of rotatable bonds is 3. The van der Waals surface area contributed by atoms with Crippen molar-refractivity contribution in [2.24, 2.45) is 0 Å². The average molecular weight is 804 g/mol. The van der Waals surface area contributed by atoms with Gasteiger partial charge in [0.05, 0.1) is 27.6 Å². The van der Waals surface area contributed by atoms with Crippen molar-refractivity contribution in [1.29, 1.82) is 0 Å². The number of hydrogen-bond acceptors (Lipinski definition) is 0. The summed E-state index contributed by atoms with van der Waals surface area (Å²) in [7, 11) is 0. The summed E-state index contributed by atoms with van der Waals surface area (Å²) in [5.74, 6) is 0. The van der Waals surface area contributed by atoms with E-state index in [1.54, 1.807) is 0 Å². The molecule has 0 N–H and O–H groups in total. The van der Waals surface area contributed by atoms with Gasteiger partial charge in [-0.25, -0.2) is 0 Å². The highest BCUT2D eigenvalue weighted by Crippen LogP contribution is 2.68. The molecule has 0 radical (unpaired) electrons. The SMILES string of the molecule is CCCc1cccc2c1-c1ccccc1C21c2ccccc2C2(c3ccccc3-c3c(-n4c5ccccc5c5cc6c(cc54)C(C)(C)c4ccccc4-6)cccc32)c2ccccc21. The molecule has 14 rings (SSSR count). The summed E-state index contributed by atoms with van der Waals surface area (Å²) in [4.78, 5) is 0. The quantitative estimate of drug-likeness (QED) is 0.168. The lowest BCUT2D eigenvalue weighted by Gasteiger charge is -2.48. The van der Waals surface area contributed by atoms with Crippen LogP contribution in [-0.2, 0) is 22.7 Å². The molecule has 10 aromatic rings. The van der Waals surface area contributed by atoms with Crippen molar-refractivity contribution in [3.05, 3.63) is 255 Å². The third-order valence-electron chi connectivity index (χ3n) is 15.8. The fourth-order valence-corrected chi connectivity index (χ4v) is 13.5. The molecule has 0 atom stereocenters. The van der Waals surface area contributed by atoms with Crippen molar-refractivity contribution in [3.63, 3.8) is 0 Å². The molecule has 0 fully saturated rings. The highest BCUT2D eigenvalue weighted by molar-refractivity contribution is 6.12. The van der Waals surface area contributed by atoms with Gasteiger partial charge < -0.3 is 4.57 Å². The minimum absolute atomic E-state index is 0.114. The number of para-hydroxylation sites is 1. The van der Waals surface area contributed by atoms with Crippen LogP contribution in [0.5, 0.6) is 0 Å². The molecule has 298 valence electrons. The summed E-state index contributed by atoms with van der Waals surface area (Å²) in [6, 6.07) is 75.0. The topological polar surface area (TPSA) is 4.93 Å². The molecule has 9 aromatic carbocycles. The third-order valence-corrected chi connectivity index (χ3v) is 15.8. The van der Waals surface area contributed by atoms with Crippen LogP contribution in [0.25, 0.3) is 60.9 Å². The van der Waals surface area contributed by atoms with E-state index < -0.39 is 10.8 Å². The van der Waals surface area contributed by atoms with Crippen LogP contribution >= 0.6 is 0 Å². The van der Waals surface area contributed by atoms with Gasteiger partial charge in [-0.05, 0) is 120 Å². The third kappa shape index (κ3) is 4.06. The number of fused-ring (bicyclic) bond motifs is 22. The van der Waals surface area contributed by atoms with Crippen LogP contribution in [0.2, 0.25) is 0 Å². The van der Waals surface area contributed by atoms with E-state index in [2.05, 4.69) is 219 Å². The number of hydrogen-bond donors (Lipinski definition) is 0. The van der Waals surface area contributed by atoms with Gasteiger partial charge in [0.2, 0.25) is 0 Å². The van der Waals surface area contributed by atoms with E-state index in [4.69, 9.17) is 0 Å². The van der Waals surface area contributed by atoms with Gasteiger partial charge in [-0.15, -0.1) is 0 Å². The second-order valence-corrected chi connectivity index (χ2v) is 18.9. The fourth-order valence-electron chi connectivity index (χ4n) is 13.5. The van der Waals surface area contributed by atoms with Crippen molar-refractivity contribution in [1.82, 2.24) is 4.57 Å². The number of aromatic nitrogens is 1. The summed E-state index contributed by atoms with van der Waals surface area (Å²) in [5.41, 5.74) is 26.0. The van der Waals surface area contributed by atoms with Gasteiger partial charge in [0, 0.05) is 21.8 Å². The molecule has 4 aliphatic carbocycles. The molecule has 4 aliphatic rings. The maximum Gasteiger partial charge on any atom is 0.0720 e. The van der Waals surface area contributed by atoms with Crippen LogP contribution in [0.15, 0.2) is 194 Å². The lowest BCUT2D eigenvalue weighted by Crippen LogP contribution is -2.43. The molecular formula is C62H45N. The van der Waals surface area contributed by atoms with Gasteiger partial charge in [0.15, 0.2) is 0 Å². The van der Waals surface area contributed by atoms with Crippen LogP contribution < -0.4 is 0 Å². The van der Waals surface area contributed by atoms with Crippen molar-refractivity contribution in [2.75, 3.05) is 0 Å². The highest BCUT2D eigenvalue weighted by atomic mass is 15.0. The normalized spacial score (nSPS) is 18.8. The second kappa shape index (κ2) is 12.2. The minimum Gasteiger partial charge on any atom is -0.309 e. The molecule has 0 saturated carbocycles. The van der Waals surface area contributed by atoms with Gasteiger partial charge in [-0.3, -0.25) is 0 Å². The number of nitrogens with zero attached hydrogens (tertiary/aromatic N) is 1. The number of aryl methyl sites for hydroxylation is 1. The Labute approximate surface area is 369 Å². The predicted molar refractivity (Wildman–Crippen MR) is 261 cm³/mol. The maximum atomic E-state index is 2.60. The summed E-state index contributed by atoms with van der Waals surface area (Å²) in [6.45, 7) is 7.10. The molecule has 0 unspecified atom stereocenters. The van der Waals surface area contributed by atoms with E-state index in [1.807, 2.05) is 0 Å². The Balaban J connectivity index is 1.10. The van der Waals surface area contributed by atoms with E-state index in [1.165, 1.54) is 122 Å². The van der Waals surface area contributed by atoms with Crippen molar-refractivity contribution >= 4 is 21.8 Å². The Morgan fingerprint density at radius 1 is 0.365 bits per heavy atom. The van der Waals surface area contributed by atoms with Crippen LogP contribution in [0.4, 0.5) is 0 Å². The fraction of sp³-hybridized carbons (Fsp3) is 0.129. The molecule has 1 heterocycles. The Morgan fingerprint density at radius 2 is 0.857 bits per heavy atom. The van der Waals surface area contributed by atoms with Crippen molar-refractivity contribution in [3.8, 4) is 39.1 Å². The Hall–Kier alpha value is -7.22. The first-order chi connectivity index (χ1) is 31.0. The molecule has 1 aromatic heterocycles. The van der Waals surface area contributed by atoms with E-state index in [0.29, 0.717) is 0 Å². The van der Waals surface area contributed by atoms with E-state index in [0.717, 1.165) is 12.8 Å². The summed E-state index contributed by atoms with van der Waals surface area (Å²) >= 11 is 0. The monoisotopic (exact) mass is 803 g/mol. The first-order valence-electron chi connectivity index (χ1n) is 22.8. The van der Waals surface area contributed by atoms with E-state index >= 15 is 0 Å².